The van der Waals surface area contributed by atoms with E-state index in [1.165, 1.54) is 65.8 Å². The smallest absolute Gasteiger partial charge is 0.0709 e. The van der Waals surface area contributed by atoms with E-state index in [1.54, 1.807) is 0 Å². The van der Waals surface area contributed by atoms with Crippen molar-refractivity contribution in [1.82, 2.24) is 0 Å². The monoisotopic (exact) mass is 550 g/mol. The second kappa shape index (κ2) is 9.75. The maximum atomic E-state index is 2.45. The molecule has 0 saturated carbocycles. The molecule has 43 heavy (non-hydrogen) atoms. The Kier molecular flexibility index (Phi) is 5.70. The third-order valence-electron chi connectivity index (χ3n) is 8.63. The minimum atomic E-state index is 0. The molecule has 1 heterocycles. The minimum absolute atomic E-state index is 0. The Labute approximate surface area is 251 Å². The molecular weight excluding hydrogens is 520 g/mol. The molecule has 8 aromatic carbocycles. The average molecular weight is 551 g/mol. The molecule has 0 unspecified atom stereocenters. The Balaban J connectivity index is 0.00000278. The summed E-state index contributed by atoms with van der Waals surface area (Å²) in [6.07, 6.45) is 0. The van der Waals surface area contributed by atoms with Crippen LogP contribution in [0.2, 0.25) is 0 Å². The second-order valence-electron chi connectivity index (χ2n) is 11.1. The fraction of sp³-hybridized carbons (Fsp3) is 0.0244. The summed E-state index contributed by atoms with van der Waals surface area (Å²) in [7, 11) is 0. The Morgan fingerprint density at radius 2 is 0.512 bits per heavy atom. The van der Waals surface area contributed by atoms with Gasteiger partial charge in [0, 0.05) is 11.4 Å². The first-order valence-electron chi connectivity index (χ1n) is 14.4. The molecule has 0 bridgehead atoms. The van der Waals surface area contributed by atoms with Gasteiger partial charge in [-0.05, 0) is 91.6 Å². The third-order valence-corrected chi connectivity index (χ3v) is 8.63. The molecule has 0 aromatic heterocycles. The van der Waals surface area contributed by atoms with E-state index in [0.29, 0.717) is 0 Å². The maximum absolute atomic E-state index is 2.45. The van der Waals surface area contributed by atoms with Gasteiger partial charge in [-0.3, -0.25) is 0 Å². The highest BCUT2D eigenvalue weighted by Gasteiger charge is 2.31. The molecule has 0 radical (unpaired) electrons. The summed E-state index contributed by atoms with van der Waals surface area (Å²) < 4.78 is 0. The highest BCUT2D eigenvalue weighted by atomic mass is 15.3. The lowest BCUT2D eigenvalue weighted by Gasteiger charge is -2.41. The molecule has 0 atom stereocenters. The van der Waals surface area contributed by atoms with Gasteiger partial charge < -0.3 is 9.80 Å². The fourth-order valence-corrected chi connectivity index (χ4v) is 6.60. The number of hydrogen-bond acceptors (Lipinski definition) is 2. The van der Waals surface area contributed by atoms with Gasteiger partial charge in [0.25, 0.3) is 0 Å². The SMILES string of the molecule is C.c1ccc2cc(N3c4cc5ccccc5cc4N(c4ccc5ccccc5c4)c4cc5ccccc5cc43)ccc2c1. The van der Waals surface area contributed by atoms with Crippen molar-refractivity contribution in [3.8, 4) is 0 Å². The normalized spacial score (nSPS) is 12.4. The largest absolute Gasteiger partial charge is 0.306 e. The molecular formula is C41H30N2. The van der Waals surface area contributed by atoms with Crippen LogP contribution in [0.25, 0.3) is 43.1 Å². The van der Waals surface area contributed by atoms with Crippen LogP contribution in [0.1, 0.15) is 7.43 Å². The summed E-state index contributed by atoms with van der Waals surface area (Å²) in [5, 5.41) is 9.86. The molecule has 0 amide bonds. The van der Waals surface area contributed by atoms with Gasteiger partial charge in [-0.15, -0.1) is 0 Å². The quantitative estimate of drug-likeness (QED) is 0.211. The predicted molar refractivity (Wildman–Crippen MR) is 186 cm³/mol. The summed E-state index contributed by atoms with van der Waals surface area (Å²) in [5.74, 6) is 0. The first kappa shape index (κ1) is 25.1. The van der Waals surface area contributed by atoms with Crippen LogP contribution in [0.3, 0.4) is 0 Å². The van der Waals surface area contributed by atoms with Crippen molar-refractivity contribution in [3.05, 3.63) is 158 Å². The molecule has 0 saturated heterocycles. The Morgan fingerprint density at radius 3 is 0.814 bits per heavy atom. The molecule has 0 fully saturated rings. The molecule has 1 aliphatic heterocycles. The van der Waals surface area contributed by atoms with E-state index in [1.807, 2.05) is 0 Å². The lowest BCUT2D eigenvalue weighted by Crippen LogP contribution is -2.24. The number of nitrogens with zero attached hydrogens (tertiary/aromatic N) is 2. The Bertz CT molecular complexity index is 2080. The van der Waals surface area contributed by atoms with E-state index in [-0.39, 0.29) is 7.43 Å². The standard InChI is InChI=1S/C40H26N2.CH4/c1-3-11-29-21-35(19-17-27(29)9-1)41-37-23-31-13-5-7-15-33(31)25-39(37)42(36-20-18-28-10-2-4-12-30(28)22-36)40-26-34-16-8-6-14-32(34)24-38(40)41;/h1-26H;1H4. The lowest BCUT2D eigenvalue weighted by atomic mass is 9.98. The van der Waals surface area contributed by atoms with Gasteiger partial charge in [-0.1, -0.05) is 117 Å². The Morgan fingerprint density at radius 1 is 0.256 bits per heavy atom. The van der Waals surface area contributed by atoms with Crippen LogP contribution in [0.4, 0.5) is 34.1 Å². The van der Waals surface area contributed by atoms with Crippen molar-refractivity contribution in [3.63, 3.8) is 0 Å². The van der Waals surface area contributed by atoms with Gasteiger partial charge >= 0.3 is 0 Å². The number of anilines is 6. The van der Waals surface area contributed by atoms with Crippen molar-refractivity contribution >= 4 is 77.2 Å². The predicted octanol–water partition coefficient (Wildman–Crippen LogP) is 12.2. The van der Waals surface area contributed by atoms with E-state index >= 15 is 0 Å². The average Bonchev–Trinajstić information content (AvgIpc) is 3.05. The van der Waals surface area contributed by atoms with Gasteiger partial charge in [0.2, 0.25) is 0 Å². The lowest BCUT2D eigenvalue weighted by molar-refractivity contribution is 1.18. The molecule has 2 heteroatoms. The van der Waals surface area contributed by atoms with Crippen LogP contribution in [-0.4, -0.2) is 0 Å². The summed E-state index contributed by atoms with van der Waals surface area (Å²) >= 11 is 0. The highest BCUT2D eigenvalue weighted by Crippen LogP contribution is 2.56. The zero-order chi connectivity index (χ0) is 27.6. The van der Waals surface area contributed by atoms with Gasteiger partial charge in [-0.25, -0.2) is 0 Å². The van der Waals surface area contributed by atoms with Crippen molar-refractivity contribution in [1.29, 1.82) is 0 Å². The molecule has 1 aliphatic rings. The topological polar surface area (TPSA) is 6.48 Å². The zero-order valence-corrected chi connectivity index (χ0v) is 22.9. The third kappa shape index (κ3) is 3.95. The molecule has 204 valence electrons. The molecule has 2 nitrogen and oxygen atoms in total. The van der Waals surface area contributed by atoms with Gasteiger partial charge in [0.15, 0.2) is 0 Å². The van der Waals surface area contributed by atoms with E-state index in [4.69, 9.17) is 0 Å². The van der Waals surface area contributed by atoms with Crippen LogP contribution in [0, 0.1) is 0 Å². The van der Waals surface area contributed by atoms with Crippen LogP contribution >= 0.6 is 0 Å². The van der Waals surface area contributed by atoms with E-state index in [2.05, 4.69) is 168 Å². The zero-order valence-electron chi connectivity index (χ0n) is 22.9. The summed E-state index contributed by atoms with van der Waals surface area (Å²) in [6, 6.07) is 57.6. The van der Waals surface area contributed by atoms with Gasteiger partial charge in [0.1, 0.15) is 0 Å². The van der Waals surface area contributed by atoms with Crippen LogP contribution < -0.4 is 9.80 Å². The van der Waals surface area contributed by atoms with Crippen LogP contribution in [0.15, 0.2) is 158 Å². The number of hydrogen-bond donors (Lipinski definition) is 0. The number of benzene rings is 8. The minimum Gasteiger partial charge on any atom is -0.306 e. The fourth-order valence-electron chi connectivity index (χ4n) is 6.60. The molecule has 9 rings (SSSR count). The van der Waals surface area contributed by atoms with E-state index in [9.17, 15) is 0 Å². The summed E-state index contributed by atoms with van der Waals surface area (Å²) in [4.78, 5) is 4.90. The van der Waals surface area contributed by atoms with Crippen LogP contribution in [-0.2, 0) is 0 Å². The van der Waals surface area contributed by atoms with Gasteiger partial charge in [-0.2, -0.15) is 0 Å². The molecule has 0 N–H and O–H groups in total. The van der Waals surface area contributed by atoms with Crippen molar-refractivity contribution < 1.29 is 0 Å². The first-order valence-corrected chi connectivity index (χ1v) is 14.4. The molecule has 0 spiro atoms. The van der Waals surface area contributed by atoms with Crippen molar-refractivity contribution in [2.45, 2.75) is 7.43 Å². The summed E-state index contributed by atoms with van der Waals surface area (Å²) in [5.41, 5.74) is 6.97. The summed E-state index contributed by atoms with van der Waals surface area (Å²) in [6.45, 7) is 0. The number of rotatable bonds is 2. The maximum Gasteiger partial charge on any atom is 0.0709 e. The van der Waals surface area contributed by atoms with Crippen LogP contribution in [0.5, 0.6) is 0 Å². The van der Waals surface area contributed by atoms with E-state index < -0.39 is 0 Å². The second-order valence-corrected chi connectivity index (χ2v) is 11.1. The highest BCUT2D eigenvalue weighted by molar-refractivity contribution is 6.10. The van der Waals surface area contributed by atoms with Crippen molar-refractivity contribution in [2.75, 3.05) is 9.80 Å². The molecule has 8 aromatic rings. The van der Waals surface area contributed by atoms with E-state index in [0.717, 1.165) is 11.4 Å². The van der Waals surface area contributed by atoms with Gasteiger partial charge in [0.05, 0.1) is 22.7 Å². The number of fused-ring (bicyclic) bond motifs is 6. The molecule has 0 aliphatic carbocycles. The Hall–Kier alpha value is -5.60. The first-order chi connectivity index (χ1) is 20.8. The van der Waals surface area contributed by atoms with Crippen molar-refractivity contribution in [2.24, 2.45) is 0 Å².